The SMILES string of the molecule is CC/C(Br)=C(CC)/C(CC)=C(\Br)CC. The highest BCUT2D eigenvalue weighted by Crippen LogP contribution is 2.32. The minimum atomic E-state index is 1.08. The summed E-state index contributed by atoms with van der Waals surface area (Å²) in [6, 6.07) is 0. The highest BCUT2D eigenvalue weighted by molar-refractivity contribution is 9.12. The molecule has 14 heavy (non-hydrogen) atoms. The molecule has 0 fully saturated rings. The van der Waals surface area contributed by atoms with Crippen LogP contribution in [0.5, 0.6) is 0 Å². The minimum Gasteiger partial charge on any atom is -0.0613 e. The van der Waals surface area contributed by atoms with Gasteiger partial charge in [-0.25, -0.2) is 0 Å². The van der Waals surface area contributed by atoms with Crippen molar-refractivity contribution in [2.45, 2.75) is 53.4 Å². The van der Waals surface area contributed by atoms with Crippen molar-refractivity contribution < 1.29 is 0 Å². The summed E-state index contributed by atoms with van der Waals surface area (Å²) in [4.78, 5) is 0. The fourth-order valence-electron chi connectivity index (χ4n) is 1.56. The van der Waals surface area contributed by atoms with Crippen LogP contribution in [0.15, 0.2) is 20.1 Å². The van der Waals surface area contributed by atoms with Crippen molar-refractivity contribution >= 4 is 31.9 Å². The Labute approximate surface area is 105 Å². The van der Waals surface area contributed by atoms with Gasteiger partial charge in [-0.15, -0.1) is 0 Å². The Balaban J connectivity index is 5.19. The lowest BCUT2D eigenvalue weighted by Gasteiger charge is -2.13. The van der Waals surface area contributed by atoms with Crippen LogP contribution < -0.4 is 0 Å². The molecule has 0 aliphatic rings. The van der Waals surface area contributed by atoms with E-state index in [0.717, 1.165) is 25.7 Å². The normalized spacial score (nSPS) is 15.0. The van der Waals surface area contributed by atoms with Gasteiger partial charge in [0.25, 0.3) is 0 Å². The van der Waals surface area contributed by atoms with Crippen LogP contribution in [0.3, 0.4) is 0 Å². The second-order valence-electron chi connectivity index (χ2n) is 3.18. The zero-order valence-electron chi connectivity index (χ0n) is 9.58. The summed E-state index contributed by atoms with van der Waals surface area (Å²) in [5.41, 5.74) is 2.95. The van der Waals surface area contributed by atoms with Crippen molar-refractivity contribution in [2.75, 3.05) is 0 Å². The molecule has 0 spiro atoms. The maximum Gasteiger partial charge on any atom is -0.00172 e. The molecule has 0 atom stereocenters. The van der Waals surface area contributed by atoms with Gasteiger partial charge >= 0.3 is 0 Å². The first-order chi connectivity index (χ1) is 6.62. The van der Waals surface area contributed by atoms with Crippen LogP contribution >= 0.6 is 31.9 Å². The van der Waals surface area contributed by atoms with E-state index in [0.29, 0.717) is 0 Å². The van der Waals surface area contributed by atoms with Crippen molar-refractivity contribution in [2.24, 2.45) is 0 Å². The number of hydrogen-bond donors (Lipinski definition) is 0. The Morgan fingerprint density at radius 3 is 1.07 bits per heavy atom. The van der Waals surface area contributed by atoms with Crippen molar-refractivity contribution in [1.82, 2.24) is 0 Å². The van der Waals surface area contributed by atoms with Crippen LogP contribution in [0, 0.1) is 0 Å². The van der Waals surface area contributed by atoms with E-state index < -0.39 is 0 Å². The zero-order chi connectivity index (χ0) is 11.1. The molecular weight excluding hydrogens is 304 g/mol. The lowest BCUT2D eigenvalue weighted by atomic mass is 9.99. The Morgan fingerprint density at radius 2 is 0.929 bits per heavy atom. The first-order valence-corrected chi connectivity index (χ1v) is 6.96. The lowest BCUT2D eigenvalue weighted by Crippen LogP contribution is -1.93. The molecule has 0 aromatic carbocycles. The van der Waals surface area contributed by atoms with E-state index in [1.165, 1.54) is 20.1 Å². The highest BCUT2D eigenvalue weighted by atomic mass is 79.9. The number of rotatable bonds is 5. The molecule has 82 valence electrons. The molecule has 0 nitrogen and oxygen atoms in total. The van der Waals surface area contributed by atoms with Gasteiger partial charge in [0.2, 0.25) is 0 Å². The third-order valence-corrected chi connectivity index (χ3v) is 4.43. The maximum atomic E-state index is 3.67. The lowest BCUT2D eigenvalue weighted by molar-refractivity contribution is 0.976. The molecule has 0 radical (unpaired) electrons. The van der Waals surface area contributed by atoms with Gasteiger partial charge in [-0.2, -0.15) is 0 Å². The van der Waals surface area contributed by atoms with Crippen LogP contribution in [0.4, 0.5) is 0 Å². The molecule has 0 aliphatic carbocycles. The average molecular weight is 324 g/mol. The van der Waals surface area contributed by atoms with Crippen LogP contribution in [0.25, 0.3) is 0 Å². The Kier molecular flexibility index (Phi) is 7.94. The van der Waals surface area contributed by atoms with Crippen molar-refractivity contribution in [1.29, 1.82) is 0 Å². The van der Waals surface area contributed by atoms with E-state index in [-0.39, 0.29) is 0 Å². The maximum absolute atomic E-state index is 3.67. The van der Waals surface area contributed by atoms with E-state index in [4.69, 9.17) is 0 Å². The van der Waals surface area contributed by atoms with Crippen LogP contribution in [-0.2, 0) is 0 Å². The van der Waals surface area contributed by atoms with E-state index >= 15 is 0 Å². The Hall–Kier alpha value is 0.440. The number of halogens is 2. The highest BCUT2D eigenvalue weighted by Gasteiger charge is 2.08. The first-order valence-electron chi connectivity index (χ1n) is 5.37. The molecule has 0 unspecified atom stereocenters. The van der Waals surface area contributed by atoms with Gasteiger partial charge in [-0.05, 0) is 45.8 Å². The van der Waals surface area contributed by atoms with E-state index in [2.05, 4.69) is 59.6 Å². The summed E-state index contributed by atoms with van der Waals surface area (Å²) in [6.07, 6.45) is 4.37. The molecule has 0 saturated carbocycles. The monoisotopic (exact) mass is 322 g/mol. The molecule has 0 rings (SSSR count). The van der Waals surface area contributed by atoms with Gasteiger partial charge in [0.1, 0.15) is 0 Å². The fraction of sp³-hybridized carbons (Fsp3) is 0.667. The first kappa shape index (κ1) is 14.4. The molecule has 0 amide bonds. The summed E-state index contributed by atoms with van der Waals surface area (Å²) >= 11 is 7.33. The van der Waals surface area contributed by atoms with E-state index in [1.54, 1.807) is 0 Å². The summed E-state index contributed by atoms with van der Waals surface area (Å²) in [5.74, 6) is 0. The molecule has 2 heteroatoms. The van der Waals surface area contributed by atoms with Gasteiger partial charge in [0, 0.05) is 0 Å². The standard InChI is InChI=1S/C12H20Br2/c1-5-9(11(13)7-3)10(6-2)12(14)8-4/h5-8H2,1-4H3/b11-9-,12-10-. The number of hydrogen-bond acceptors (Lipinski definition) is 0. The van der Waals surface area contributed by atoms with E-state index in [9.17, 15) is 0 Å². The summed E-state index contributed by atoms with van der Waals surface area (Å²) in [5, 5.41) is 0. The third-order valence-electron chi connectivity index (χ3n) is 2.35. The van der Waals surface area contributed by atoms with Crippen LogP contribution in [0.2, 0.25) is 0 Å². The minimum absolute atomic E-state index is 1.08. The summed E-state index contributed by atoms with van der Waals surface area (Å²) in [6.45, 7) is 8.81. The molecule has 0 N–H and O–H groups in total. The fourth-order valence-corrected chi connectivity index (χ4v) is 2.60. The Bertz CT molecular complexity index is 211. The molecule has 0 aliphatic heterocycles. The molecule has 0 aromatic rings. The smallest absolute Gasteiger partial charge is 0.00172 e. The predicted octanol–water partition coefficient (Wildman–Crippen LogP) is 5.92. The topological polar surface area (TPSA) is 0 Å². The van der Waals surface area contributed by atoms with Gasteiger partial charge < -0.3 is 0 Å². The second-order valence-corrected chi connectivity index (χ2v) is 5.10. The molecule has 0 saturated heterocycles. The van der Waals surface area contributed by atoms with Crippen molar-refractivity contribution in [3.05, 3.63) is 20.1 Å². The largest absolute Gasteiger partial charge is 0.0613 e. The zero-order valence-corrected chi connectivity index (χ0v) is 12.8. The average Bonchev–Trinajstić information content (AvgIpc) is 2.23. The summed E-state index contributed by atoms with van der Waals surface area (Å²) < 4.78 is 2.70. The van der Waals surface area contributed by atoms with Crippen LogP contribution in [-0.4, -0.2) is 0 Å². The third kappa shape index (κ3) is 3.90. The quantitative estimate of drug-likeness (QED) is 0.550. The number of allylic oxidation sites excluding steroid dienone is 4. The molecule has 0 bridgehead atoms. The van der Waals surface area contributed by atoms with E-state index in [1.807, 2.05) is 0 Å². The van der Waals surface area contributed by atoms with Crippen LogP contribution in [0.1, 0.15) is 53.4 Å². The van der Waals surface area contributed by atoms with Gasteiger partial charge in [-0.1, -0.05) is 59.6 Å². The molecular formula is C12H20Br2. The summed E-state index contributed by atoms with van der Waals surface area (Å²) in [7, 11) is 0. The second kappa shape index (κ2) is 7.70. The van der Waals surface area contributed by atoms with Crippen molar-refractivity contribution in [3.8, 4) is 0 Å². The van der Waals surface area contributed by atoms with Gasteiger partial charge in [0.05, 0.1) is 0 Å². The van der Waals surface area contributed by atoms with Gasteiger partial charge in [-0.3, -0.25) is 0 Å². The predicted molar refractivity (Wildman–Crippen MR) is 73.1 cm³/mol. The van der Waals surface area contributed by atoms with Crippen molar-refractivity contribution in [3.63, 3.8) is 0 Å². The molecule has 0 heterocycles. The molecule has 0 aromatic heterocycles. The Morgan fingerprint density at radius 1 is 0.643 bits per heavy atom. The van der Waals surface area contributed by atoms with Gasteiger partial charge in [0.15, 0.2) is 0 Å².